The maximum absolute atomic E-state index is 10.9. The minimum Gasteiger partial charge on any atom is -0.397 e. The quantitative estimate of drug-likeness (QED) is 0.189. The molecule has 0 heterocycles. The number of hydrogen-bond acceptors (Lipinski definition) is 10. The number of para-hydroxylation sites is 3. The zero-order chi connectivity index (χ0) is 43.5. The van der Waals surface area contributed by atoms with Gasteiger partial charge in [-0.25, -0.2) is 13.6 Å². The summed E-state index contributed by atoms with van der Waals surface area (Å²) in [4.78, 5) is 0. The van der Waals surface area contributed by atoms with Crippen LogP contribution < -0.4 is 13.6 Å². The normalized spacial score (nSPS) is 25.5. The molecule has 0 aliphatic heterocycles. The van der Waals surface area contributed by atoms with Gasteiger partial charge in [0.25, 0.3) is 11.2 Å². The van der Waals surface area contributed by atoms with E-state index >= 15 is 0 Å². The zero-order valence-electron chi connectivity index (χ0n) is 36.0. The van der Waals surface area contributed by atoms with Crippen molar-refractivity contribution < 1.29 is 46.5 Å². The fourth-order valence-corrected chi connectivity index (χ4v) is 11.6. The lowest BCUT2D eigenvalue weighted by molar-refractivity contribution is 0.259. The van der Waals surface area contributed by atoms with Gasteiger partial charge in [0.05, 0.1) is 0 Å². The molecule has 0 saturated heterocycles. The van der Waals surface area contributed by atoms with E-state index in [2.05, 4.69) is 4.52 Å². The van der Waals surface area contributed by atoms with Crippen LogP contribution in [0.4, 0.5) is 0 Å². The molecule has 6 aliphatic rings. The molecule has 3 aromatic rings. The van der Waals surface area contributed by atoms with Crippen molar-refractivity contribution in [2.45, 2.75) is 112 Å². The van der Waals surface area contributed by atoms with Crippen LogP contribution in [0.1, 0.15) is 112 Å². The molecule has 6 fully saturated rings. The van der Waals surface area contributed by atoms with Crippen molar-refractivity contribution in [3.8, 4) is 17.2 Å². The highest BCUT2D eigenvalue weighted by molar-refractivity contribution is 7.70. The van der Waals surface area contributed by atoms with Crippen molar-refractivity contribution >= 4 is 35.1 Å². The van der Waals surface area contributed by atoms with Gasteiger partial charge in [-0.05, 0) is 176 Å². The molecule has 3 aromatic carbocycles. The van der Waals surface area contributed by atoms with Crippen molar-refractivity contribution in [1.29, 1.82) is 0 Å². The molecular weight excluding hydrogens is 853 g/mol. The van der Waals surface area contributed by atoms with Crippen LogP contribution >= 0.6 is 35.1 Å². The third kappa shape index (κ3) is 20.3. The number of hydrogen-bond donors (Lipinski definition) is 2. The smallest absolute Gasteiger partial charge is 0.397 e. The summed E-state index contributed by atoms with van der Waals surface area (Å²) in [6.45, 7) is 8.17. The third-order valence-electron chi connectivity index (χ3n) is 11.9. The molecule has 14 heteroatoms. The number of aliphatic hydroxyl groups is 2. The third-order valence-corrected chi connectivity index (χ3v) is 14.2. The van der Waals surface area contributed by atoms with Gasteiger partial charge in [-0.2, -0.15) is 0 Å². The minimum absolute atomic E-state index is 0. The summed E-state index contributed by atoms with van der Waals surface area (Å²) in [6, 6.07) is 26.7. The second-order valence-corrected chi connectivity index (χ2v) is 18.7. The van der Waals surface area contributed by atoms with Crippen LogP contribution in [0.5, 0.6) is 17.2 Å². The first kappa shape index (κ1) is 54.6. The molecule has 61 heavy (non-hydrogen) atoms. The van der Waals surface area contributed by atoms with Crippen LogP contribution in [-0.2, 0) is 22.7 Å². The topological polar surface area (TPSA) is 138 Å². The standard InChI is InChI=1S/2C10H16.2C8H10O3P.C6H5ClO2P.2C2H6O.CH4/c2*1-2-9-7-4-5-8(6-7)10(9)3-1;2*1-2-10-12(9)11-8-6-4-3-5-7-8;7-10(8)9-6-4-2-1-3-5-6;2*1-2-3;/h2*7-10H,1-6H2;2*3-7H,2H2,1H3;1-5H;2*3H,2H2,1H3;1H4/q;;3*+1;;;. The predicted octanol–water partition coefficient (Wildman–Crippen LogP) is 14.8. The Labute approximate surface area is 374 Å². The highest BCUT2D eigenvalue weighted by Crippen LogP contribution is 2.59. The summed E-state index contributed by atoms with van der Waals surface area (Å²) in [7, 11) is -6.07. The Morgan fingerprint density at radius 2 is 0.754 bits per heavy atom. The van der Waals surface area contributed by atoms with Crippen LogP contribution in [0.25, 0.3) is 0 Å². The lowest BCUT2D eigenvalue weighted by atomic mass is 9.82. The van der Waals surface area contributed by atoms with E-state index in [-0.39, 0.29) is 20.6 Å². The van der Waals surface area contributed by atoms with E-state index in [4.69, 9.17) is 39.5 Å². The largest absolute Gasteiger partial charge is 0.750 e. The Balaban J connectivity index is 0.000000253. The van der Waals surface area contributed by atoms with Crippen molar-refractivity contribution in [3.63, 3.8) is 0 Å². The van der Waals surface area contributed by atoms with Gasteiger partial charge in [0, 0.05) is 26.9 Å². The van der Waals surface area contributed by atoms with Gasteiger partial charge in [0.2, 0.25) is 0 Å². The van der Waals surface area contributed by atoms with Crippen molar-refractivity contribution in [2.24, 2.45) is 47.3 Å². The predicted molar refractivity (Wildman–Crippen MR) is 249 cm³/mol. The molecule has 4 bridgehead atoms. The molecule has 0 aromatic heterocycles. The number of halogens is 1. The van der Waals surface area contributed by atoms with Crippen LogP contribution in [0, 0.1) is 47.3 Å². The number of benzene rings is 3. The van der Waals surface area contributed by atoms with Crippen molar-refractivity contribution in [1.82, 2.24) is 0 Å². The van der Waals surface area contributed by atoms with Crippen molar-refractivity contribution in [3.05, 3.63) is 91.0 Å². The highest BCUT2D eigenvalue weighted by atomic mass is 35.7. The fraction of sp³-hybridized carbons (Fsp3) is 0.617. The average Bonchev–Trinajstić information content (AvgIpc) is 4.10. The first-order chi connectivity index (χ1) is 29.2. The van der Waals surface area contributed by atoms with Crippen LogP contribution in [-0.4, -0.2) is 36.6 Å². The van der Waals surface area contributed by atoms with Gasteiger partial charge < -0.3 is 10.2 Å². The molecule has 6 aliphatic carbocycles. The van der Waals surface area contributed by atoms with Crippen LogP contribution in [0.15, 0.2) is 91.0 Å². The molecule has 11 atom stereocenters. The molecule has 9 rings (SSSR count). The van der Waals surface area contributed by atoms with Gasteiger partial charge in [-0.3, -0.25) is 0 Å². The van der Waals surface area contributed by atoms with E-state index in [1.807, 2.05) is 42.5 Å². The maximum Gasteiger partial charge on any atom is 0.750 e. The van der Waals surface area contributed by atoms with Gasteiger partial charge >= 0.3 is 23.9 Å². The zero-order valence-corrected chi connectivity index (χ0v) is 39.4. The molecule has 0 radical (unpaired) electrons. The second kappa shape index (κ2) is 32.2. The summed E-state index contributed by atoms with van der Waals surface area (Å²) in [6.07, 6.45) is 19.1. The molecule has 0 spiro atoms. The lowest BCUT2D eigenvalue weighted by Crippen LogP contribution is -2.15. The second-order valence-electron chi connectivity index (χ2n) is 15.5. The monoisotopic (exact) mass is 925 g/mol. The molecule has 0 amide bonds. The van der Waals surface area contributed by atoms with Crippen molar-refractivity contribution in [2.75, 3.05) is 26.4 Å². The minimum atomic E-state index is -2.05. The van der Waals surface area contributed by atoms with E-state index in [9.17, 15) is 13.7 Å². The number of rotatable bonds is 10. The first-order valence-corrected chi connectivity index (χ1v) is 26.2. The molecule has 10 nitrogen and oxygen atoms in total. The Kier molecular flexibility index (Phi) is 28.8. The number of fused-ring (bicyclic) bond motifs is 10. The molecular formula is C47H73ClO10P3+3. The fourth-order valence-electron chi connectivity index (χ4n) is 10.00. The summed E-state index contributed by atoms with van der Waals surface area (Å²) < 4.78 is 56.2. The van der Waals surface area contributed by atoms with E-state index in [0.29, 0.717) is 30.5 Å². The van der Waals surface area contributed by atoms with Crippen LogP contribution in [0.3, 0.4) is 0 Å². The summed E-state index contributed by atoms with van der Waals surface area (Å²) in [5, 5.41) is 15.1. The van der Waals surface area contributed by atoms with Gasteiger partial charge in [0.1, 0.15) is 13.2 Å². The van der Waals surface area contributed by atoms with Crippen LogP contribution in [0.2, 0.25) is 0 Å². The van der Waals surface area contributed by atoms with E-state index in [1.54, 1.807) is 153 Å². The molecule has 6 saturated carbocycles. The Morgan fingerprint density at radius 1 is 0.492 bits per heavy atom. The first-order valence-electron chi connectivity index (χ1n) is 21.9. The van der Waals surface area contributed by atoms with Gasteiger partial charge in [-0.15, -0.1) is 9.05 Å². The summed E-state index contributed by atoms with van der Waals surface area (Å²) in [5.41, 5.74) is 0. The van der Waals surface area contributed by atoms with Gasteiger partial charge in [0.15, 0.2) is 17.2 Å². The summed E-state index contributed by atoms with van der Waals surface area (Å²) >= 11 is 5.10. The van der Waals surface area contributed by atoms with E-state index in [0.717, 1.165) is 0 Å². The average molecular weight is 926 g/mol. The Bertz CT molecular complexity index is 1480. The molecule has 11 unspecified atom stereocenters. The Hall–Kier alpha value is -2.51. The maximum atomic E-state index is 10.9. The summed E-state index contributed by atoms with van der Waals surface area (Å²) in [5.74, 6) is 11.2. The highest BCUT2D eigenvalue weighted by Gasteiger charge is 2.49. The molecule has 340 valence electrons. The molecule has 2 N–H and O–H groups in total. The Morgan fingerprint density at radius 3 is 1.00 bits per heavy atom. The lowest BCUT2D eigenvalue weighted by Gasteiger charge is -2.23. The van der Waals surface area contributed by atoms with Gasteiger partial charge in [-0.1, -0.05) is 74.9 Å². The SMILES string of the molecule is C.C1CC2C3CCC(C3)C2C1.C1CC2C3CCC(C3)C2C1.CCO.CCO.CCO[P+](=O)Oc1ccccc1.CCO[P+](=O)Oc1ccccc1.O=[P+](Cl)Oc1ccccc1. The number of aliphatic hydroxyl groups excluding tert-OH is 2. The van der Waals surface area contributed by atoms with E-state index in [1.165, 1.54) is 47.3 Å². The van der Waals surface area contributed by atoms with E-state index < -0.39 is 23.9 Å².